The number of hydrogen-bond donors (Lipinski definition) is 0. The highest BCUT2D eigenvalue weighted by molar-refractivity contribution is 6.32. The van der Waals surface area contributed by atoms with Gasteiger partial charge in [0.2, 0.25) is 0 Å². The fourth-order valence-corrected chi connectivity index (χ4v) is 2.42. The highest BCUT2D eigenvalue weighted by Crippen LogP contribution is 2.25. The molecule has 0 saturated carbocycles. The Morgan fingerprint density at radius 1 is 1.17 bits per heavy atom. The molecule has 5 heteroatoms. The first-order chi connectivity index (χ1) is 8.71. The highest BCUT2D eigenvalue weighted by Gasteiger charge is 2.07. The molecule has 0 spiro atoms. The fraction of sp³-hybridized carbons (Fsp3) is 0.538. The molecule has 0 aromatic heterocycles. The zero-order chi connectivity index (χ0) is 13.4. The Hall–Kier alpha value is -0.150. The van der Waals surface area contributed by atoms with E-state index >= 15 is 0 Å². The molecule has 102 valence electrons. The van der Waals surface area contributed by atoms with Crippen molar-refractivity contribution in [3.8, 4) is 5.75 Å². The van der Waals surface area contributed by atoms with Gasteiger partial charge in [0.25, 0.3) is 0 Å². The third-order valence-corrected chi connectivity index (χ3v) is 3.14. The first-order valence-electron chi connectivity index (χ1n) is 5.96. The van der Waals surface area contributed by atoms with Crippen LogP contribution in [0.3, 0.4) is 0 Å². The van der Waals surface area contributed by atoms with E-state index in [-0.39, 0.29) is 0 Å². The van der Waals surface area contributed by atoms with Crippen LogP contribution in [0.5, 0.6) is 5.75 Å². The summed E-state index contributed by atoms with van der Waals surface area (Å²) in [5.74, 6) is 1.92. The zero-order valence-corrected chi connectivity index (χ0v) is 12.7. The van der Waals surface area contributed by atoms with Gasteiger partial charge in [0.1, 0.15) is 5.75 Å². The Kier molecular flexibility index (Phi) is 7.84. The molecule has 1 aromatic carbocycles. The Balaban J connectivity index is 2.68. The molecule has 1 rings (SSSR count). The molecule has 18 heavy (non-hydrogen) atoms. The summed E-state index contributed by atoms with van der Waals surface area (Å²) in [7, 11) is 0. The lowest BCUT2D eigenvalue weighted by Gasteiger charge is -2.20. The summed E-state index contributed by atoms with van der Waals surface area (Å²) >= 11 is 17.7. The molecular weight excluding hydrogens is 293 g/mol. The van der Waals surface area contributed by atoms with Crippen molar-refractivity contribution >= 4 is 34.8 Å². The van der Waals surface area contributed by atoms with Crippen LogP contribution in [0.15, 0.2) is 18.2 Å². The predicted octanol–water partition coefficient (Wildman–Crippen LogP) is 4.02. The fourth-order valence-electron chi connectivity index (χ4n) is 1.68. The van der Waals surface area contributed by atoms with Gasteiger partial charge in [0.15, 0.2) is 0 Å². The summed E-state index contributed by atoms with van der Waals surface area (Å²) in [6.45, 7) is 4.99. The third-order valence-electron chi connectivity index (χ3n) is 2.50. The molecule has 0 radical (unpaired) electrons. The molecule has 0 atom stereocenters. The standard InChI is InChI=1S/C13H18Cl3NO/c1-2-18-13-4-3-11(9-12(13)16)10-17(7-5-14)8-6-15/h3-4,9H,2,5-8,10H2,1H3. The normalized spacial score (nSPS) is 10.9. The minimum atomic E-state index is 0.599. The summed E-state index contributed by atoms with van der Waals surface area (Å²) in [6.07, 6.45) is 0. The molecule has 0 N–H and O–H groups in total. The number of alkyl halides is 2. The van der Waals surface area contributed by atoms with Gasteiger partial charge in [-0.2, -0.15) is 0 Å². The number of nitrogens with zero attached hydrogens (tertiary/aromatic N) is 1. The summed E-state index contributed by atoms with van der Waals surface area (Å²) < 4.78 is 5.40. The summed E-state index contributed by atoms with van der Waals surface area (Å²) in [5.41, 5.74) is 1.14. The van der Waals surface area contributed by atoms with Crippen molar-refractivity contribution in [1.82, 2.24) is 4.90 Å². The van der Waals surface area contributed by atoms with Gasteiger partial charge in [-0.05, 0) is 24.6 Å². The van der Waals surface area contributed by atoms with Crippen LogP contribution >= 0.6 is 34.8 Å². The number of halogens is 3. The molecule has 0 aliphatic rings. The SMILES string of the molecule is CCOc1ccc(CN(CCCl)CCCl)cc1Cl. The molecule has 0 saturated heterocycles. The minimum absolute atomic E-state index is 0.599. The van der Waals surface area contributed by atoms with Gasteiger partial charge in [-0.25, -0.2) is 0 Å². The second kappa shape index (κ2) is 8.87. The maximum Gasteiger partial charge on any atom is 0.137 e. The van der Waals surface area contributed by atoms with Crippen LogP contribution < -0.4 is 4.74 Å². The van der Waals surface area contributed by atoms with Crippen molar-refractivity contribution in [1.29, 1.82) is 0 Å². The molecule has 0 bridgehead atoms. The first-order valence-corrected chi connectivity index (χ1v) is 7.41. The largest absolute Gasteiger partial charge is 0.492 e. The van der Waals surface area contributed by atoms with Gasteiger partial charge in [0.05, 0.1) is 11.6 Å². The molecule has 0 amide bonds. The van der Waals surface area contributed by atoms with Crippen molar-refractivity contribution in [2.24, 2.45) is 0 Å². The molecule has 0 fully saturated rings. The highest BCUT2D eigenvalue weighted by atomic mass is 35.5. The summed E-state index contributed by atoms with van der Waals surface area (Å²) in [5, 5.41) is 0.644. The third kappa shape index (κ3) is 5.23. The van der Waals surface area contributed by atoms with Crippen LogP contribution in [-0.4, -0.2) is 36.4 Å². The van der Waals surface area contributed by atoms with Crippen molar-refractivity contribution in [3.05, 3.63) is 28.8 Å². The van der Waals surface area contributed by atoms with Crippen molar-refractivity contribution in [3.63, 3.8) is 0 Å². The van der Waals surface area contributed by atoms with Crippen LogP contribution in [-0.2, 0) is 6.54 Å². The Morgan fingerprint density at radius 3 is 2.33 bits per heavy atom. The lowest BCUT2D eigenvalue weighted by Crippen LogP contribution is -2.27. The van der Waals surface area contributed by atoms with Gasteiger partial charge in [-0.15, -0.1) is 23.2 Å². The van der Waals surface area contributed by atoms with Crippen LogP contribution in [0, 0.1) is 0 Å². The van der Waals surface area contributed by atoms with E-state index in [2.05, 4.69) is 4.90 Å². The Bertz CT molecular complexity index is 354. The van der Waals surface area contributed by atoms with Crippen molar-refractivity contribution in [2.75, 3.05) is 31.5 Å². The average Bonchev–Trinajstić information content (AvgIpc) is 2.33. The summed E-state index contributed by atoms with van der Waals surface area (Å²) in [6, 6.07) is 5.86. The van der Waals surface area contributed by atoms with E-state index in [9.17, 15) is 0 Å². The van der Waals surface area contributed by atoms with E-state index in [1.165, 1.54) is 0 Å². The number of ether oxygens (including phenoxy) is 1. The van der Waals surface area contributed by atoms with Crippen LogP contribution in [0.4, 0.5) is 0 Å². The number of benzene rings is 1. The van der Waals surface area contributed by atoms with Crippen LogP contribution in [0.2, 0.25) is 5.02 Å². The van der Waals surface area contributed by atoms with E-state index in [1.807, 2.05) is 25.1 Å². The predicted molar refractivity (Wildman–Crippen MR) is 79.3 cm³/mol. The molecule has 0 aliphatic heterocycles. The maximum absolute atomic E-state index is 6.15. The van der Waals surface area contributed by atoms with E-state index in [4.69, 9.17) is 39.5 Å². The number of rotatable bonds is 8. The average molecular weight is 311 g/mol. The molecular formula is C13H18Cl3NO. The summed E-state index contributed by atoms with van der Waals surface area (Å²) in [4.78, 5) is 2.20. The van der Waals surface area contributed by atoms with Gasteiger partial charge < -0.3 is 4.74 Å². The van der Waals surface area contributed by atoms with Crippen LogP contribution in [0.25, 0.3) is 0 Å². The van der Waals surface area contributed by atoms with Crippen molar-refractivity contribution < 1.29 is 4.74 Å². The van der Waals surface area contributed by atoms with E-state index < -0.39 is 0 Å². The van der Waals surface area contributed by atoms with Crippen LogP contribution in [0.1, 0.15) is 12.5 Å². The molecule has 0 heterocycles. The Morgan fingerprint density at radius 2 is 1.83 bits per heavy atom. The topological polar surface area (TPSA) is 12.5 Å². The minimum Gasteiger partial charge on any atom is -0.492 e. The van der Waals surface area contributed by atoms with Gasteiger partial charge in [0, 0.05) is 31.4 Å². The zero-order valence-electron chi connectivity index (χ0n) is 10.5. The van der Waals surface area contributed by atoms with Gasteiger partial charge in [-0.1, -0.05) is 17.7 Å². The number of hydrogen-bond acceptors (Lipinski definition) is 2. The molecule has 0 aliphatic carbocycles. The smallest absolute Gasteiger partial charge is 0.137 e. The van der Waals surface area contributed by atoms with Crippen molar-refractivity contribution in [2.45, 2.75) is 13.5 Å². The quantitative estimate of drug-likeness (QED) is 0.673. The lowest BCUT2D eigenvalue weighted by atomic mass is 10.2. The van der Waals surface area contributed by atoms with E-state index in [0.29, 0.717) is 23.4 Å². The molecule has 2 nitrogen and oxygen atoms in total. The van der Waals surface area contributed by atoms with Gasteiger partial charge >= 0.3 is 0 Å². The molecule has 0 unspecified atom stereocenters. The molecule has 1 aromatic rings. The van der Waals surface area contributed by atoms with Gasteiger partial charge in [-0.3, -0.25) is 4.90 Å². The first kappa shape index (κ1) is 15.9. The monoisotopic (exact) mass is 309 g/mol. The maximum atomic E-state index is 6.15. The second-order valence-electron chi connectivity index (χ2n) is 3.85. The van der Waals surface area contributed by atoms with E-state index in [1.54, 1.807) is 0 Å². The Labute approximate surface area is 124 Å². The lowest BCUT2D eigenvalue weighted by molar-refractivity contribution is 0.299. The second-order valence-corrected chi connectivity index (χ2v) is 5.02. The van der Waals surface area contributed by atoms with E-state index in [0.717, 1.165) is 30.9 Å².